The lowest BCUT2D eigenvalue weighted by atomic mass is 10.2. The molecule has 2 heterocycles. The molecule has 0 bridgehead atoms. The van der Waals surface area contributed by atoms with E-state index in [4.69, 9.17) is 0 Å². The Kier molecular flexibility index (Phi) is 2.77. The largest absolute Gasteiger partial charge is 0.363 e. The molecule has 76 valence electrons. The van der Waals surface area contributed by atoms with E-state index < -0.39 is 0 Å². The molecule has 15 heavy (non-hydrogen) atoms. The van der Waals surface area contributed by atoms with Crippen LogP contribution < -0.4 is 5.32 Å². The first kappa shape index (κ1) is 9.85. The van der Waals surface area contributed by atoms with Crippen LogP contribution in [0.3, 0.4) is 0 Å². The van der Waals surface area contributed by atoms with Gasteiger partial charge in [-0.1, -0.05) is 5.16 Å². The van der Waals surface area contributed by atoms with E-state index >= 15 is 0 Å². The first-order valence-corrected chi connectivity index (χ1v) is 4.86. The molecule has 1 amide bonds. The van der Waals surface area contributed by atoms with Crippen molar-refractivity contribution in [2.24, 2.45) is 0 Å². The summed E-state index contributed by atoms with van der Waals surface area (Å²) in [6.45, 7) is 0. The highest BCUT2D eigenvalue weighted by Crippen LogP contribution is 2.11. The van der Waals surface area contributed by atoms with Crippen LogP contribution in [0.4, 0.5) is 5.69 Å². The Morgan fingerprint density at radius 2 is 2.27 bits per heavy atom. The Labute approximate surface area is 93.6 Å². The summed E-state index contributed by atoms with van der Waals surface area (Å²) in [6.07, 6.45) is 5.86. The fourth-order valence-electron chi connectivity index (χ4n) is 1.01. The van der Waals surface area contributed by atoms with Gasteiger partial charge < -0.3 is 9.84 Å². The van der Waals surface area contributed by atoms with Crippen molar-refractivity contribution >= 4 is 27.5 Å². The first-order valence-electron chi connectivity index (χ1n) is 4.07. The molecule has 0 aliphatic carbocycles. The Balaban J connectivity index is 2.15. The Morgan fingerprint density at radius 3 is 2.93 bits per heavy atom. The van der Waals surface area contributed by atoms with Gasteiger partial charge in [-0.25, -0.2) is 0 Å². The highest BCUT2D eigenvalue weighted by molar-refractivity contribution is 9.10. The summed E-state index contributed by atoms with van der Waals surface area (Å²) in [5.74, 6) is -0.257. The normalized spacial score (nSPS) is 9.93. The molecule has 2 aromatic heterocycles. The van der Waals surface area contributed by atoms with E-state index in [1.807, 2.05) is 0 Å². The predicted octanol–water partition coefficient (Wildman–Crippen LogP) is 2.08. The molecule has 1 N–H and O–H groups in total. The summed E-state index contributed by atoms with van der Waals surface area (Å²) in [4.78, 5) is 15.5. The fourth-order valence-corrected chi connectivity index (χ4v) is 1.37. The molecule has 0 aromatic carbocycles. The number of carbonyl (C=O) groups is 1. The van der Waals surface area contributed by atoms with Crippen LogP contribution in [0.25, 0.3) is 0 Å². The van der Waals surface area contributed by atoms with Gasteiger partial charge in [-0.3, -0.25) is 9.78 Å². The summed E-state index contributed by atoms with van der Waals surface area (Å²) in [5.41, 5.74) is 0.977. The molecule has 0 saturated heterocycles. The number of nitrogens with zero attached hydrogens (tertiary/aromatic N) is 2. The molecular formula is C9H6BrN3O2. The van der Waals surface area contributed by atoms with E-state index in [9.17, 15) is 4.79 Å². The van der Waals surface area contributed by atoms with Gasteiger partial charge in [-0.2, -0.15) is 0 Å². The van der Waals surface area contributed by atoms with Crippen molar-refractivity contribution in [2.45, 2.75) is 0 Å². The molecule has 0 fully saturated rings. The highest BCUT2D eigenvalue weighted by atomic mass is 79.9. The molecular weight excluding hydrogens is 262 g/mol. The van der Waals surface area contributed by atoms with Crippen LogP contribution in [0.2, 0.25) is 0 Å². The molecule has 0 atom stereocenters. The van der Waals surface area contributed by atoms with Crippen LogP contribution in [0.5, 0.6) is 0 Å². The molecule has 0 radical (unpaired) electrons. The molecule has 0 aliphatic heterocycles. The monoisotopic (exact) mass is 267 g/mol. The number of rotatable bonds is 2. The van der Waals surface area contributed by atoms with Crippen molar-refractivity contribution < 1.29 is 9.32 Å². The van der Waals surface area contributed by atoms with Crippen LogP contribution in [-0.2, 0) is 0 Å². The van der Waals surface area contributed by atoms with Gasteiger partial charge in [0.05, 0.1) is 11.8 Å². The van der Waals surface area contributed by atoms with Crippen LogP contribution in [0.15, 0.2) is 39.9 Å². The first-order chi connectivity index (χ1) is 7.25. The van der Waals surface area contributed by atoms with Gasteiger partial charge in [0.15, 0.2) is 0 Å². The van der Waals surface area contributed by atoms with E-state index in [-0.39, 0.29) is 5.91 Å². The molecule has 0 spiro atoms. The number of aromatic nitrogens is 2. The van der Waals surface area contributed by atoms with Crippen molar-refractivity contribution in [1.29, 1.82) is 0 Å². The van der Waals surface area contributed by atoms with E-state index in [2.05, 4.69) is 35.9 Å². The Morgan fingerprint density at radius 1 is 1.40 bits per heavy atom. The molecule has 2 rings (SSSR count). The lowest BCUT2D eigenvalue weighted by molar-refractivity contribution is 0.102. The minimum atomic E-state index is -0.257. The zero-order valence-electron chi connectivity index (χ0n) is 7.48. The summed E-state index contributed by atoms with van der Waals surface area (Å²) in [7, 11) is 0. The number of pyridine rings is 1. The molecule has 0 unspecified atom stereocenters. The third-order valence-corrected chi connectivity index (χ3v) is 2.09. The Hall–Kier alpha value is -1.69. The number of hydrogen-bond donors (Lipinski definition) is 1. The van der Waals surface area contributed by atoms with Gasteiger partial charge in [0.1, 0.15) is 12.0 Å². The SMILES string of the molecule is O=C(Nc1cnoc1)c1cncc(Br)c1. The maximum atomic E-state index is 11.6. The fraction of sp³-hybridized carbons (Fsp3) is 0. The molecule has 0 saturated carbocycles. The van der Waals surface area contributed by atoms with Gasteiger partial charge in [0.25, 0.3) is 5.91 Å². The van der Waals surface area contributed by atoms with Crippen LogP contribution in [0.1, 0.15) is 10.4 Å². The standard InChI is InChI=1S/C9H6BrN3O2/c10-7-1-6(2-11-3-7)9(14)13-8-4-12-15-5-8/h1-5H,(H,13,14). The van der Waals surface area contributed by atoms with Crippen molar-refractivity contribution in [2.75, 3.05) is 5.32 Å². The smallest absolute Gasteiger partial charge is 0.257 e. The maximum absolute atomic E-state index is 11.6. The quantitative estimate of drug-likeness (QED) is 0.905. The average Bonchev–Trinajstić information content (AvgIpc) is 2.70. The van der Waals surface area contributed by atoms with Crippen LogP contribution >= 0.6 is 15.9 Å². The number of halogens is 1. The maximum Gasteiger partial charge on any atom is 0.257 e. The second-order valence-corrected chi connectivity index (χ2v) is 3.67. The van der Waals surface area contributed by atoms with E-state index in [1.54, 1.807) is 12.3 Å². The highest BCUT2D eigenvalue weighted by Gasteiger charge is 2.07. The average molecular weight is 268 g/mol. The number of carbonyl (C=O) groups excluding carboxylic acids is 1. The third kappa shape index (κ3) is 2.41. The molecule has 0 aliphatic rings. The van der Waals surface area contributed by atoms with E-state index in [0.717, 1.165) is 4.47 Å². The zero-order valence-corrected chi connectivity index (χ0v) is 9.06. The molecule has 5 nitrogen and oxygen atoms in total. The molecule has 6 heteroatoms. The zero-order chi connectivity index (χ0) is 10.7. The Bertz CT molecular complexity index is 470. The predicted molar refractivity (Wildman–Crippen MR) is 56.4 cm³/mol. The number of amides is 1. The molecule has 2 aromatic rings. The van der Waals surface area contributed by atoms with Gasteiger partial charge >= 0.3 is 0 Å². The summed E-state index contributed by atoms with van der Waals surface area (Å²) in [6, 6.07) is 1.68. The summed E-state index contributed by atoms with van der Waals surface area (Å²) in [5, 5.41) is 6.08. The van der Waals surface area contributed by atoms with Crippen molar-refractivity contribution in [3.63, 3.8) is 0 Å². The summed E-state index contributed by atoms with van der Waals surface area (Å²) >= 11 is 3.24. The second kappa shape index (κ2) is 4.22. The van der Waals surface area contributed by atoms with Crippen LogP contribution in [0, 0.1) is 0 Å². The van der Waals surface area contributed by atoms with Gasteiger partial charge in [0.2, 0.25) is 0 Å². The van der Waals surface area contributed by atoms with Gasteiger partial charge in [0, 0.05) is 16.9 Å². The number of anilines is 1. The number of hydrogen-bond acceptors (Lipinski definition) is 4. The third-order valence-electron chi connectivity index (χ3n) is 1.66. The van der Waals surface area contributed by atoms with Gasteiger partial charge in [-0.15, -0.1) is 0 Å². The minimum absolute atomic E-state index is 0.257. The van der Waals surface area contributed by atoms with E-state index in [0.29, 0.717) is 11.3 Å². The minimum Gasteiger partial charge on any atom is -0.363 e. The van der Waals surface area contributed by atoms with Crippen molar-refractivity contribution in [1.82, 2.24) is 10.1 Å². The number of nitrogens with one attached hydrogen (secondary N) is 1. The van der Waals surface area contributed by atoms with E-state index in [1.165, 1.54) is 18.7 Å². The second-order valence-electron chi connectivity index (χ2n) is 2.76. The van der Waals surface area contributed by atoms with Gasteiger partial charge in [-0.05, 0) is 22.0 Å². The van der Waals surface area contributed by atoms with Crippen LogP contribution in [-0.4, -0.2) is 16.0 Å². The summed E-state index contributed by atoms with van der Waals surface area (Å²) < 4.78 is 5.34. The lowest BCUT2D eigenvalue weighted by Crippen LogP contribution is -2.11. The van der Waals surface area contributed by atoms with Crippen molar-refractivity contribution in [3.8, 4) is 0 Å². The lowest BCUT2D eigenvalue weighted by Gasteiger charge is -2.00. The topological polar surface area (TPSA) is 68.0 Å². The van der Waals surface area contributed by atoms with Crippen molar-refractivity contribution in [3.05, 3.63) is 41.0 Å².